The second-order valence-electron chi connectivity index (χ2n) is 7.43. The molecule has 0 bridgehead atoms. The Labute approximate surface area is 163 Å². The Bertz CT molecular complexity index is 918. The van der Waals surface area contributed by atoms with Gasteiger partial charge in [0.25, 0.3) is 0 Å². The van der Waals surface area contributed by atoms with Crippen LogP contribution in [0.15, 0.2) is 24.3 Å². The van der Waals surface area contributed by atoms with Gasteiger partial charge in [-0.15, -0.1) is 5.10 Å². The van der Waals surface area contributed by atoms with Gasteiger partial charge >= 0.3 is 0 Å². The molecule has 7 heteroatoms. The van der Waals surface area contributed by atoms with Crippen LogP contribution in [0.25, 0.3) is 4.96 Å². The molecule has 1 fully saturated rings. The number of likely N-dealkylation sites (tertiary alicyclic amines) is 1. The maximum atomic E-state index is 11.0. The predicted octanol–water partition coefficient (Wildman–Crippen LogP) is 2.47. The molecule has 2 aromatic heterocycles. The van der Waals surface area contributed by atoms with Crippen LogP contribution < -0.4 is 9.64 Å². The number of aryl methyl sites for hydroxylation is 1. The van der Waals surface area contributed by atoms with Crippen LogP contribution in [0.3, 0.4) is 0 Å². The molecule has 27 heavy (non-hydrogen) atoms. The molecule has 1 aliphatic rings. The van der Waals surface area contributed by atoms with Gasteiger partial charge in [-0.2, -0.15) is 4.52 Å². The normalized spacial score (nSPS) is 21.4. The zero-order valence-electron chi connectivity index (χ0n) is 16.1. The van der Waals surface area contributed by atoms with Gasteiger partial charge in [-0.3, -0.25) is 0 Å². The number of hydrogen-bond acceptors (Lipinski definition) is 5. The van der Waals surface area contributed by atoms with Gasteiger partial charge in [-0.25, -0.2) is 4.98 Å². The summed E-state index contributed by atoms with van der Waals surface area (Å²) in [5.74, 6) is 2.53. The number of ether oxygens (including phenoxy) is 1. The van der Waals surface area contributed by atoms with E-state index < -0.39 is 0 Å². The van der Waals surface area contributed by atoms with Gasteiger partial charge in [-0.05, 0) is 37.1 Å². The molecule has 3 aromatic rings. The van der Waals surface area contributed by atoms with Crippen LogP contribution in [0.5, 0.6) is 11.6 Å². The lowest BCUT2D eigenvalue weighted by molar-refractivity contribution is -0.933. The molecule has 0 saturated carbocycles. The highest BCUT2D eigenvalue weighted by atomic mass is 32.1. The van der Waals surface area contributed by atoms with Crippen molar-refractivity contribution in [3.05, 3.63) is 40.5 Å². The molecule has 0 aliphatic carbocycles. The minimum absolute atomic E-state index is 0.0808. The third-order valence-electron chi connectivity index (χ3n) is 5.48. The number of aromatic hydroxyl groups is 1. The molecular weight excluding hydrogens is 360 g/mol. The standard InChI is InChI=1S/C20H26N4O2S/c1-4-16-21-20-24(22-16)19(25)18(27-20)17(23-11-5-6-13(2)12-23)14-7-9-15(26-3)10-8-14/h7-10,13,17,25H,4-6,11-12H2,1-3H3/p+1/t13-,17-/m0/s1. The number of methoxy groups -OCH3 is 1. The van der Waals surface area contributed by atoms with Crippen LogP contribution in [-0.2, 0) is 6.42 Å². The van der Waals surface area contributed by atoms with Gasteiger partial charge in [0.05, 0.1) is 20.2 Å². The number of fused-ring (bicyclic) bond motifs is 1. The van der Waals surface area contributed by atoms with Crippen LogP contribution in [0, 0.1) is 5.92 Å². The average molecular weight is 388 g/mol. The minimum atomic E-state index is 0.0808. The van der Waals surface area contributed by atoms with E-state index in [4.69, 9.17) is 4.74 Å². The molecule has 144 valence electrons. The van der Waals surface area contributed by atoms with Crippen molar-refractivity contribution in [2.75, 3.05) is 20.2 Å². The minimum Gasteiger partial charge on any atom is -0.497 e. The van der Waals surface area contributed by atoms with Gasteiger partial charge in [0, 0.05) is 17.9 Å². The van der Waals surface area contributed by atoms with Crippen molar-refractivity contribution in [2.45, 2.75) is 39.2 Å². The van der Waals surface area contributed by atoms with E-state index in [0.29, 0.717) is 5.92 Å². The molecule has 6 nitrogen and oxygen atoms in total. The predicted molar refractivity (Wildman–Crippen MR) is 106 cm³/mol. The second-order valence-corrected chi connectivity index (χ2v) is 8.44. The zero-order chi connectivity index (χ0) is 19.0. The van der Waals surface area contributed by atoms with E-state index in [2.05, 4.69) is 29.1 Å². The monoisotopic (exact) mass is 387 g/mol. The van der Waals surface area contributed by atoms with Crippen LogP contribution in [-0.4, -0.2) is 39.9 Å². The van der Waals surface area contributed by atoms with Crippen LogP contribution in [0.2, 0.25) is 0 Å². The fourth-order valence-electron chi connectivity index (χ4n) is 4.09. The molecule has 3 atom stereocenters. The maximum Gasteiger partial charge on any atom is 0.235 e. The number of nitrogens with zero attached hydrogens (tertiary/aromatic N) is 3. The van der Waals surface area contributed by atoms with Gasteiger partial charge in [-0.1, -0.05) is 25.2 Å². The van der Waals surface area contributed by atoms with E-state index in [1.807, 2.05) is 19.1 Å². The summed E-state index contributed by atoms with van der Waals surface area (Å²) in [5, 5.41) is 15.4. The van der Waals surface area contributed by atoms with Crippen LogP contribution >= 0.6 is 11.3 Å². The van der Waals surface area contributed by atoms with Crippen molar-refractivity contribution < 1.29 is 14.7 Å². The molecule has 2 N–H and O–H groups in total. The Balaban J connectivity index is 1.79. The first kappa shape index (κ1) is 18.3. The Kier molecular flexibility index (Phi) is 5.06. The lowest BCUT2D eigenvalue weighted by atomic mass is 9.95. The van der Waals surface area contributed by atoms with Crippen LogP contribution in [0.4, 0.5) is 0 Å². The molecule has 1 aliphatic heterocycles. The third-order valence-corrected chi connectivity index (χ3v) is 6.57. The fraction of sp³-hybridized carbons (Fsp3) is 0.500. The number of nitrogens with one attached hydrogen (secondary N) is 1. The van der Waals surface area contributed by atoms with Gasteiger partial charge in [0.1, 0.15) is 10.6 Å². The first-order chi connectivity index (χ1) is 13.1. The SMILES string of the molecule is CCc1nc2sc([C@H](c3ccc(OC)cc3)[NH+]3CCC[C@H](C)C3)c(O)n2n1. The van der Waals surface area contributed by atoms with Gasteiger partial charge in [0.15, 0.2) is 11.9 Å². The molecular formula is C20H27N4O2S+. The number of hydrogen-bond donors (Lipinski definition) is 2. The van der Waals surface area contributed by atoms with Crippen molar-refractivity contribution in [1.82, 2.24) is 14.6 Å². The Hall–Kier alpha value is -2.12. The van der Waals surface area contributed by atoms with Crippen molar-refractivity contribution >= 4 is 16.3 Å². The Morgan fingerprint density at radius 3 is 2.78 bits per heavy atom. The smallest absolute Gasteiger partial charge is 0.235 e. The largest absolute Gasteiger partial charge is 0.497 e. The number of quaternary nitrogens is 1. The fourth-order valence-corrected chi connectivity index (χ4v) is 5.25. The van der Waals surface area contributed by atoms with Crippen molar-refractivity contribution in [3.63, 3.8) is 0 Å². The lowest BCUT2D eigenvalue weighted by Gasteiger charge is -2.34. The molecule has 0 radical (unpaired) electrons. The highest BCUT2D eigenvalue weighted by Crippen LogP contribution is 2.35. The van der Waals surface area contributed by atoms with E-state index in [1.54, 1.807) is 23.0 Å². The van der Waals surface area contributed by atoms with Gasteiger partial charge < -0.3 is 14.7 Å². The average Bonchev–Trinajstić information content (AvgIpc) is 3.22. The van der Waals surface area contributed by atoms with Crippen molar-refractivity contribution in [3.8, 4) is 11.6 Å². The zero-order valence-corrected chi connectivity index (χ0v) is 16.9. The van der Waals surface area contributed by atoms with E-state index in [0.717, 1.165) is 40.9 Å². The number of aromatic nitrogens is 3. The molecule has 3 heterocycles. The van der Waals surface area contributed by atoms with E-state index in [-0.39, 0.29) is 11.9 Å². The highest BCUT2D eigenvalue weighted by molar-refractivity contribution is 7.17. The topological polar surface area (TPSA) is 64.1 Å². The van der Waals surface area contributed by atoms with Crippen molar-refractivity contribution in [2.24, 2.45) is 5.92 Å². The summed E-state index contributed by atoms with van der Waals surface area (Å²) in [7, 11) is 1.68. The van der Waals surface area contributed by atoms with E-state index in [9.17, 15) is 5.11 Å². The molecule has 0 spiro atoms. The number of benzene rings is 1. The summed E-state index contributed by atoms with van der Waals surface area (Å²) in [4.78, 5) is 7.76. The molecule has 1 unspecified atom stereocenters. The summed E-state index contributed by atoms with van der Waals surface area (Å²) < 4.78 is 6.92. The quantitative estimate of drug-likeness (QED) is 0.706. The molecule has 1 aromatic carbocycles. The summed E-state index contributed by atoms with van der Waals surface area (Å²) in [6, 6.07) is 8.30. The van der Waals surface area contributed by atoms with Gasteiger partial charge in [0.2, 0.25) is 10.8 Å². The second kappa shape index (κ2) is 7.48. The van der Waals surface area contributed by atoms with Crippen LogP contribution in [0.1, 0.15) is 49.0 Å². The summed E-state index contributed by atoms with van der Waals surface area (Å²) >= 11 is 1.56. The first-order valence-electron chi connectivity index (χ1n) is 9.66. The van der Waals surface area contributed by atoms with E-state index in [1.165, 1.54) is 23.3 Å². The van der Waals surface area contributed by atoms with E-state index >= 15 is 0 Å². The Morgan fingerprint density at radius 2 is 2.15 bits per heavy atom. The summed E-state index contributed by atoms with van der Waals surface area (Å²) in [5.41, 5.74) is 1.19. The number of rotatable bonds is 5. The summed E-state index contributed by atoms with van der Waals surface area (Å²) in [6.45, 7) is 6.55. The Morgan fingerprint density at radius 1 is 1.37 bits per heavy atom. The van der Waals surface area contributed by atoms with Crippen molar-refractivity contribution in [1.29, 1.82) is 0 Å². The molecule has 4 rings (SSSR count). The third kappa shape index (κ3) is 3.41. The summed E-state index contributed by atoms with van der Waals surface area (Å²) in [6.07, 6.45) is 3.25. The lowest BCUT2D eigenvalue weighted by Crippen LogP contribution is -3.13. The number of piperidine rings is 1. The maximum absolute atomic E-state index is 11.0. The number of thiazole rings is 1. The molecule has 0 amide bonds. The first-order valence-corrected chi connectivity index (χ1v) is 10.5. The highest BCUT2D eigenvalue weighted by Gasteiger charge is 2.35. The molecule has 1 saturated heterocycles.